The Kier molecular flexibility index (Phi) is 4.78. The smallest absolute Gasteiger partial charge is 0.312 e. The zero-order valence-electron chi connectivity index (χ0n) is 14.4. The number of hydrogen-bond donors (Lipinski definition) is 1. The molecular formula is C19H16Cl2N2O3. The van der Waals surface area contributed by atoms with Crippen molar-refractivity contribution in [1.29, 1.82) is 0 Å². The highest BCUT2D eigenvalue weighted by Gasteiger charge is 2.24. The van der Waals surface area contributed by atoms with Gasteiger partial charge in [-0.2, -0.15) is 0 Å². The fourth-order valence-electron chi connectivity index (χ4n) is 3.10. The first kappa shape index (κ1) is 18.4. The summed E-state index contributed by atoms with van der Waals surface area (Å²) in [5.41, 5.74) is 2.75. The molecule has 2 aromatic carbocycles. The molecule has 26 heavy (non-hydrogen) atoms. The number of pyridine rings is 1. The lowest BCUT2D eigenvalue weighted by atomic mass is 9.90. The van der Waals surface area contributed by atoms with Crippen molar-refractivity contribution < 1.29 is 10.0 Å². The van der Waals surface area contributed by atoms with Crippen molar-refractivity contribution in [2.45, 2.75) is 26.7 Å². The molecule has 0 saturated carbocycles. The van der Waals surface area contributed by atoms with E-state index in [1.165, 1.54) is 12.1 Å². The van der Waals surface area contributed by atoms with Crippen molar-refractivity contribution in [3.8, 4) is 16.9 Å². The molecule has 7 heteroatoms. The van der Waals surface area contributed by atoms with E-state index in [9.17, 15) is 15.2 Å². The van der Waals surface area contributed by atoms with Gasteiger partial charge >= 0.3 is 5.69 Å². The maximum Gasteiger partial charge on any atom is 0.312 e. The SMILES string of the molecule is Cc1ccnc(C(C)C)c1-c1cc([N+](=O)[O-])c(O)c2cc(Cl)c(Cl)cc12. The molecule has 0 aliphatic rings. The molecule has 0 spiro atoms. The average Bonchev–Trinajstić information content (AvgIpc) is 2.57. The summed E-state index contributed by atoms with van der Waals surface area (Å²) in [5.74, 6) is -0.324. The summed E-state index contributed by atoms with van der Waals surface area (Å²) >= 11 is 12.3. The number of phenols is 1. The molecule has 0 unspecified atom stereocenters. The van der Waals surface area contributed by atoms with Gasteiger partial charge in [0, 0.05) is 23.2 Å². The summed E-state index contributed by atoms with van der Waals surface area (Å²) in [6.45, 7) is 5.93. The van der Waals surface area contributed by atoms with Crippen molar-refractivity contribution in [3.05, 3.63) is 61.9 Å². The molecule has 0 aliphatic heterocycles. The lowest BCUT2D eigenvalue weighted by Gasteiger charge is -2.17. The number of phenolic OH excluding ortho intramolecular Hbond substituents is 1. The number of hydrogen-bond acceptors (Lipinski definition) is 4. The molecular weight excluding hydrogens is 375 g/mol. The highest BCUT2D eigenvalue weighted by Crippen LogP contribution is 2.45. The second-order valence-corrected chi connectivity index (χ2v) is 7.22. The molecule has 0 bridgehead atoms. The van der Waals surface area contributed by atoms with Crippen molar-refractivity contribution in [2.24, 2.45) is 0 Å². The fourth-order valence-corrected chi connectivity index (χ4v) is 3.43. The lowest BCUT2D eigenvalue weighted by Crippen LogP contribution is -2.00. The fraction of sp³-hybridized carbons (Fsp3) is 0.211. The molecule has 1 N–H and O–H groups in total. The number of halogens is 2. The van der Waals surface area contributed by atoms with Crippen LogP contribution in [0.3, 0.4) is 0 Å². The summed E-state index contributed by atoms with van der Waals surface area (Å²) in [6, 6.07) is 6.29. The maximum absolute atomic E-state index is 11.5. The maximum atomic E-state index is 11.5. The molecule has 0 atom stereocenters. The Balaban J connectivity index is 2.54. The summed E-state index contributed by atoms with van der Waals surface area (Å²) < 4.78 is 0. The molecule has 3 rings (SSSR count). The summed E-state index contributed by atoms with van der Waals surface area (Å²) in [5, 5.41) is 23.3. The second-order valence-electron chi connectivity index (χ2n) is 6.40. The molecule has 3 aromatic rings. The van der Waals surface area contributed by atoms with Crippen LogP contribution in [0, 0.1) is 17.0 Å². The van der Waals surface area contributed by atoms with Gasteiger partial charge in [0.05, 0.1) is 20.7 Å². The topological polar surface area (TPSA) is 76.3 Å². The molecule has 0 radical (unpaired) electrons. The van der Waals surface area contributed by atoms with Crippen LogP contribution in [0.4, 0.5) is 5.69 Å². The van der Waals surface area contributed by atoms with E-state index in [1.807, 2.05) is 26.8 Å². The second kappa shape index (κ2) is 6.74. The molecule has 0 saturated heterocycles. The van der Waals surface area contributed by atoms with E-state index in [4.69, 9.17) is 23.2 Å². The number of nitro groups is 1. The van der Waals surface area contributed by atoms with Gasteiger partial charge < -0.3 is 5.11 Å². The first-order valence-corrected chi connectivity index (χ1v) is 8.73. The predicted octanol–water partition coefficient (Wildman–Crippen LogP) is 6.25. The van der Waals surface area contributed by atoms with Gasteiger partial charge in [-0.1, -0.05) is 37.0 Å². The Morgan fingerprint density at radius 1 is 1.15 bits per heavy atom. The summed E-state index contributed by atoms with van der Waals surface area (Å²) in [7, 11) is 0. The highest BCUT2D eigenvalue weighted by atomic mass is 35.5. The largest absolute Gasteiger partial charge is 0.502 e. The van der Waals surface area contributed by atoms with Crippen LogP contribution < -0.4 is 0 Å². The number of aromatic hydroxyl groups is 1. The van der Waals surface area contributed by atoms with Gasteiger partial charge in [-0.25, -0.2) is 0 Å². The minimum absolute atomic E-state index is 0.107. The van der Waals surface area contributed by atoms with Crippen LogP contribution in [-0.2, 0) is 0 Å². The van der Waals surface area contributed by atoms with E-state index in [0.717, 1.165) is 16.8 Å². The number of nitro benzene ring substituents is 1. The number of aryl methyl sites for hydroxylation is 1. The molecule has 0 amide bonds. The van der Waals surface area contributed by atoms with Gasteiger partial charge in [0.25, 0.3) is 0 Å². The minimum atomic E-state index is -0.610. The van der Waals surface area contributed by atoms with Crippen molar-refractivity contribution >= 4 is 39.7 Å². The zero-order chi connectivity index (χ0) is 19.2. The van der Waals surface area contributed by atoms with Crippen molar-refractivity contribution in [2.75, 3.05) is 0 Å². The van der Waals surface area contributed by atoms with Crippen molar-refractivity contribution in [1.82, 2.24) is 4.98 Å². The van der Waals surface area contributed by atoms with Crippen LogP contribution in [-0.4, -0.2) is 15.0 Å². The third-order valence-electron chi connectivity index (χ3n) is 4.33. The van der Waals surface area contributed by atoms with Crippen LogP contribution in [0.2, 0.25) is 10.0 Å². The highest BCUT2D eigenvalue weighted by molar-refractivity contribution is 6.43. The third-order valence-corrected chi connectivity index (χ3v) is 5.05. The molecule has 134 valence electrons. The Morgan fingerprint density at radius 3 is 2.35 bits per heavy atom. The quantitative estimate of drug-likeness (QED) is 0.423. The summed E-state index contributed by atoms with van der Waals surface area (Å²) in [4.78, 5) is 15.3. The molecule has 0 aliphatic carbocycles. The van der Waals surface area contributed by atoms with Crippen LogP contribution in [0.15, 0.2) is 30.5 Å². The van der Waals surface area contributed by atoms with Crippen LogP contribution in [0.25, 0.3) is 21.9 Å². The molecule has 0 fully saturated rings. The average molecular weight is 391 g/mol. The Hall–Kier alpha value is -2.37. The predicted molar refractivity (Wildman–Crippen MR) is 104 cm³/mol. The van der Waals surface area contributed by atoms with Crippen LogP contribution >= 0.6 is 23.2 Å². The summed E-state index contributed by atoms with van der Waals surface area (Å²) in [6.07, 6.45) is 1.72. The van der Waals surface area contributed by atoms with Crippen molar-refractivity contribution in [3.63, 3.8) is 0 Å². The van der Waals surface area contributed by atoms with Gasteiger partial charge in [-0.3, -0.25) is 15.1 Å². The van der Waals surface area contributed by atoms with Gasteiger partial charge in [-0.05, 0) is 47.6 Å². The van der Waals surface area contributed by atoms with Gasteiger partial charge in [0.1, 0.15) is 0 Å². The number of fused-ring (bicyclic) bond motifs is 1. The Bertz CT molecular complexity index is 1050. The number of rotatable bonds is 3. The molecule has 5 nitrogen and oxygen atoms in total. The van der Waals surface area contributed by atoms with E-state index >= 15 is 0 Å². The normalized spacial score (nSPS) is 11.3. The Labute approximate surface area is 160 Å². The van der Waals surface area contributed by atoms with E-state index in [-0.39, 0.29) is 22.0 Å². The van der Waals surface area contributed by atoms with Crippen LogP contribution in [0.1, 0.15) is 31.0 Å². The monoisotopic (exact) mass is 390 g/mol. The van der Waals surface area contributed by atoms with E-state index in [1.54, 1.807) is 12.3 Å². The van der Waals surface area contributed by atoms with Gasteiger partial charge in [-0.15, -0.1) is 0 Å². The number of aromatic nitrogens is 1. The first-order chi connectivity index (χ1) is 12.2. The van der Waals surface area contributed by atoms with Gasteiger partial charge in [0.2, 0.25) is 5.75 Å². The molecule has 1 aromatic heterocycles. The number of nitrogens with zero attached hydrogens (tertiary/aromatic N) is 2. The van der Waals surface area contributed by atoms with E-state index in [2.05, 4.69) is 4.98 Å². The van der Waals surface area contributed by atoms with Crippen LogP contribution in [0.5, 0.6) is 5.75 Å². The van der Waals surface area contributed by atoms with E-state index in [0.29, 0.717) is 16.0 Å². The van der Waals surface area contributed by atoms with Gasteiger partial charge in [0.15, 0.2) is 0 Å². The lowest BCUT2D eigenvalue weighted by molar-refractivity contribution is -0.385. The molecule has 1 heterocycles. The first-order valence-electron chi connectivity index (χ1n) is 7.97. The van der Waals surface area contributed by atoms with E-state index < -0.39 is 10.7 Å². The number of benzene rings is 2. The third kappa shape index (κ3) is 2.97. The zero-order valence-corrected chi connectivity index (χ0v) is 15.9. The minimum Gasteiger partial charge on any atom is -0.502 e. The standard InChI is InChI=1S/C19H16Cl2N2O3/c1-9(2)18-17(10(3)4-5-22-18)12-8-16(23(25)26)19(24)13-7-15(21)14(20)6-11(12)13/h4-9,24H,1-3H3. The Morgan fingerprint density at radius 2 is 1.77 bits per heavy atom.